The summed E-state index contributed by atoms with van der Waals surface area (Å²) in [6.07, 6.45) is 9.33. The number of allylic oxidation sites excluding steroid dienone is 6. The zero-order valence-corrected chi connectivity index (χ0v) is 27.9. The molecule has 1 spiro atoms. The van der Waals surface area contributed by atoms with Crippen LogP contribution >= 0.6 is 11.6 Å². The number of nitrogens with one attached hydrogen (secondary N) is 1. The van der Waals surface area contributed by atoms with Crippen molar-refractivity contribution in [2.45, 2.75) is 43.0 Å². The van der Waals surface area contributed by atoms with E-state index in [1.807, 2.05) is 24.0 Å². The number of halogens is 2. The zero-order valence-electron chi connectivity index (χ0n) is 26.3. The van der Waals surface area contributed by atoms with Crippen LogP contribution in [0.25, 0.3) is 22.2 Å². The number of nitrogens with zero attached hydrogens (tertiary/aromatic N) is 4. The minimum Gasteiger partial charge on any atom is -0.341 e. The van der Waals surface area contributed by atoms with Crippen LogP contribution in [0.15, 0.2) is 116 Å². The van der Waals surface area contributed by atoms with Crippen molar-refractivity contribution < 1.29 is 22.4 Å². The summed E-state index contributed by atoms with van der Waals surface area (Å²) >= 11 is 6.59. The molecule has 2 fully saturated rings. The van der Waals surface area contributed by atoms with Gasteiger partial charge < -0.3 is 9.88 Å². The summed E-state index contributed by atoms with van der Waals surface area (Å²) in [5.74, 6) is -1.09. The van der Waals surface area contributed by atoms with Gasteiger partial charge in [0.1, 0.15) is 11.7 Å². The number of imidazole rings is 1. The van der Waals surface area contributed by atoms with Crippen molar-refractivity contribution >= 4 is 50.4 Å². The van der Waals surface area contributed by atoms with Crippen LogP contribution in [0.3, 0.4) is 0 Å². The first kappa shape index (κ1) is 30.2. The third-order valence-corrected chi connectivity index (χ3v) is 12.5. The Hall–Kier alpha value is -4.87. The molecule has 9 rings (SSSR count). The molecule has 4 aromatic rings. The first-order valence-electron chi connectivity index (χ1n) is 16.1. The fourth-order valence-corrected chi connectivity index (χ4v) is 9.68. The lowest BCUT2D eigenvalue weighted by Gasteiger charge is -2.42. The molecule has 1 N–H and O–H groups in total. The highest BCUT2D eigenvalue weighted by molar-refractivity contribution is 7.90. The quantitative estimate of drug-likeness (QED) is 0.270. The van der Waals surface area contributed by atoms with Gasteiger partial charge in [-0.15, -0.1) is 0 Å². The number of aromatic nitrogens is 3. The summed E-state index contributed by atoms with van der Waals surface area (Å²) in [4.78, 5) is 41.2. The molecular formula is C37H29ClFN5O4S. The number of hydrogen-bond donors (Lipinski definition) is 1. The number of amides is 1. The highest BCUT2D eigenvalue weighted by atomic mass is 35.5. The number of carbonyl (C=O) groups is 2. The second kappa shape index (κ2) is 10.6. The van der Waals surface area contributed by atoms with Gasteiger partial charge in [0.25, 0.3) is 10.0 Å². The molecule has 12 heteroatoms. The molecule has 2 aromatic carbocycles. The van der Waals surface area contributed by atoms with Gasteiger partial charge in [0.05, 0.1) is 45.8 Å². The summed E-state index contributed by atoms with van der Waals surface area (Å²) in [5.41, 5.74) is 4.94. The van der Waals surface area contributed by atoms with E-state index in [4.69, 9.17) is 16.6 Å². The van der Waals surface area contributed by atoms with E-state index in [0.717, 1.165) is 46.6 Å². The van der Waals surface area contributed by atoms with Crippen LogP contribution in [-0.4, -0.2) is 64.3 Å². The van der Waals surface area contributed by atoms with Gasteiger partial charge in [-0.25, -0.2) is 21.8 Å². The van der Waals surface area contributed by atoms with Gasteiger partial charge in [0.15, 0.2) is 5.78 Å². The molecule has 2 atom stereocenters. The molecular weight excluding hydrogens is 665 g/mol. The summed E-state index contributed by atoms with van der Waals surface area (Å²) in [7, 11) is -3.80. The number of aromatic amines is 1. The molecule has 5 aliphatic rings. The maximum atomic E-state index is 15.5. The molecule has 5 heterocycles. The molecule has 0 bridgehead atoms. The molecule has 1 amide bonds. The molecule has 2 aromatic heterocycles. The lowest BCUT2D eigenvalue weighted by Crippen LogP contribution is -2.46. The van der Waals surface area contributed by atoms with Crippen LogP contribution in [-0.2, 0) is 19.6 Å². The van der Waals surface area contributed by atoms with Crippen molar-refractivity contribution in [2.24, 2.45) is 10.4 Å². The maximum absolute atomic E-state index is 15.5. The van der Waals surface area contributed by atoms with E-state index >= 15 is 4.39 Å². The fourth-order valence-electron chi connectivity index (χ4n) is 8.07. The number of aryl methyl sites for hydroxylation is 1. The number of H-pyrrole nitrogens is 1. The number of fused-ring (bicyclic) bond motifs is 6. The number of ketones is 1. The summed E-state index contributed by atoms with van der Waals surface area (Å²) < 4.78 is 43.7. The number of hydrogen-bond acceptors (Lipinski definition) is 6. The normalized spacial score (nSPS) is 23.0. The summed E-state index contributed by atoms with van der Waals surface area (Å²) in [5, 5.41) is 0.830. The van der Waals surface area contributed by atoms with Crippen molar-refractivity contribution in [3.63, 3.8) is 0 Å². The number of benzene rings is 2. The van der Waals surface area contributed by atoms with Gasteiger partial charge in [-0.2, -0.15) is 0 Å². The monoisotopic (exact) mass is 693 g/mol. The standard InChI is InChI=1S/C37H29ClFN5O4S/c1-20-2-5-24(6-3-20)49(47,48)44-11-8-22-12-21(4-7-31(22)44)30-18-41-36(42-30)27-19-43-32(46)15-37(9-10-37)35(43)26-16-40-17-28(38)34-25(33(26)27)13-23(45)14-29(34)39/h2-8,11-14,17-18,27,35H,9-10,15-16,19H2,1H3,(H,41,42). The fraction of sp³-hybridized carbons (Fsp3) is 0.243. The Bertz CT molecular complexity index is 2430. The van der Waals surface area contributed by atoms with Crippen molar-refractivity contribution in [1.82, 2.24) is 18.8 Å². The molecule has 2 unspecified atom stereocenters. The highest BCUT2D eigenvalue weighted by Gasteiger charge is 2.62. The third kappa shape index (κ3) is 4.59. The Morgan fingerprint density at radius 3 is 2.63 bits per heavy atom. The summed E-state index contributed by atoms with van der Waals surface area (Å²) in [6, 6.07) is 13.8. The van der Waals surface area contributed by atoms with Crippen LogP contribution in [0, 0.1) is 12.3 Å². The molecule has 1 saturated heterocycles. The molecule has 9 nitrogen and oxygen atoms in total. The summed E-state index contributed by atoms with van der Waals surface area (Å²) in [6.45, 7) is 2.47. The Balaban J connectivity index is 1.13. The molecule has 246 valence electrons. The molecule has 2 aliphatic carbocycles. The minimum atomic E-state index is -3.80. The van der Waals surface area contributed by atoms with Gasteiger partial charge in [0, 0.05) is 53.4 Å². The van der Waals surface area contributed by atoms with Crippen molar-refractivity contribution in [3.05, 3.63) is 118 Å². The van der Waals surface area contributed by atoms with Crippen molar-refractivity contribution in [2.75, 3.05) is 13.1 Å². The maximum Gasteiger partial charge on any atom is 0.268 e. The van der Waals surface area contributed by atoms with E-state index in [9.17, 15) is 18.0 Å². The average molecular weight is 694 g/mol. The lowest BCUT2D eigenvalue weighted by atomic mass is 9.74. The molecule has 1 saturated carbocycles. The predicted octanol–water partition coefficient (Wildman–Crippen LogP) is 6.29. The Morgan fingerprint density at radius 1 is 1.06 bits per heavy atom. The van der Waals surface area contributed by atoms with Gasteiger partial charge >= 0.3 is 0 Å². The highest BCUT2D eigenvalue weighted by Crippen LogP contribution is 2.62. The smallest absolute Gasteiger partial charge is 0.268 e. The Labute approximate surface area is 286 Å². The topological polar surface area (TPSA) is 117 Å². The van der Waals surface area contributed by atoms with Gasteiger partial charge in [-0.1, -0.05) is 35.4 Å². The van der Waals surface area contributed by atoms with Gasteiger partial charge in [-0.05, 0) is 72.9 Å². The zero-order chi connectivity index (χ0) is 33.8. The van der Waals surface area contributed by atoms with E-state index < -0.39 is 27.6 Å². The molecule has 49 heavy (non-hydrogen) atoms. The van der Waals surface area contributed by atoms with E-state index in [1.165, 1.54) is 16.3 Å². The first-order chi connectivity index (χ1) is 23.5. The number of carbonyl (C=O) groups excluding carboxylic acids is 2. The van der Waals surface area contributed by atoms with Crippen LogP contribution in [0.4, 0.5) is 4.39 Å². The van der Waals surface area contributed by atoms with Crippen molar-refractivity contribution in [3.8, 4) is 11.3 Å². The number of aliphatic imine (C=N–C) groups is 1. The lowest BCUT2D eigenvalue weighted by molar-refractivity contribution is -0.129. The minimum absolute atomic E-state index is 0.0704. The average Bonchev–Trinajstić information content (AvgIpc) is 3.37. The van der Waals surface area contributed by atoms with Crippen LogP contribution in [0.2, 0.25) is 0 Å². The SMILES string of the molecule is Cc1ccc(S(=O)(=O)n2ccc3cc(-c4cnc(C5CN6C(=O)CC7(CC7)C6C6=C5C5=CC(=O)C=C(F)C5=C(Cl)C=NC6)[nH]4)ccc32)cc1. The Morgan fingerprint density at radius 2 is 1.86 bits per heavy atom. The van der Waals surface area contributed by atoms with Gasteiger partial charge in [-0.3, -0.25) is 14.6 Å². The molecule has 0 radical (unpaired) electrons. The van der Waals surface area contributed by atoms with Gasteiger partial charge in [0.2, 0.25) is 5.91 Å². The van der Waals surface area contributed by atoms with E-state index in [-0.39, 0.29) is 39.4 Å². The third-order valence-electron chi connectivity index (χ3n) is 10.5. The van der Waals surface area contributed by atoms with E-state index in [1.54, 1.807) is 48.8 Å². The number of rotatable bonds is 4. The predicted molar refractivity (Wildman–Crippen MR) is 183 cm³/mol. The molecule has 3 aliphatic heterocycles. The second-order valence-corrected chi connectivity index (χ2v) is 15.7. The first-order valence-corrected chi connectivity index (χ1v) is 17.9. The van der Waals surface area contributed by atoms with E-state index in [0.29, 0.717) is 35.6 Å². The van der Waals surface area contributed by atoms with Crippen molar-refractivity contribution in [1.29, 1.82) is 0 Å². The largest absolute Gasteiger partial charge is 0.341 e. The van der Waals surface area contributed by atoms with Crippen LogP contribution in [0.1, 0.15) is 36.6 Å². The second-order valence-electron chi connectivity index (χ2n) is 13.5. The Kier molecular flexibility index (Phi) is 6.51. The van der Waals surface area contributed by atoms with Crippen LogP contribution < -0.4 is 0 Å². The van der Waals surface area contributed by atoms with E-state index in [2.05, 4.69) is 9.98 Å². The van der Waals surface area contributed by atoms with Crippen LogP contribution in [0.5, 0.6) is 0 Å².